The summed E-state index contributed by atoms with van der Waals surface area (Å²) in [6.07, 6.45) is 1.36. The Bertz CT molecular complexity index is 1110. The molecule has 0 bridgehead atoms. The number of nitrogens with zero attached hydrogens (tertiary/aromatic N) is 1. The van der Waals surface area contributed by atoms with Gasteiger partial charge in [-0.2, -0.15) is 5.26 Å². The maximum atomic E-state index is 12.5. The highest BCUT2D eigenvalue weighted by atomic mass is 127. The van der Waals surface area contributed by atoms with E-state index in [1.165, 1.54) is 37.5 Å². The van der Waals surface area contributed by atoms with E-state index in [2.05, 4.69) is 5.32 Å². The van der Waals surface area contributed by atoms with Crippen molar-refractivity contribution >= 4 is 52.2 Å². The molecule has 0 saturated carbocycles. The van der Waals surface area contributed by atoms with Gasteiger partial charge in [-0.15, -0.1) is 0 Å². The highest BCUT2D eigenvalue weighted by molar-refractivity contribution is 14.1. The molecule has 0 radical (unpaired) electrons. The van der Waals surface area contributed by atoms with Crippen molar-refractivity contribution < 1.29 is 33.7 Å². The summed E-state index contributed by atoms with van der Waals surface area (Å²) < 4.78 is 16.2. The minimum atomic E-state index is -1.14. The normalized spacial score (nSPS) is 10.6. The summed E-state index contributed by atoms with van der Waals surface area (Å²) in [5.41, 5.74) is 0.526. The Kier molecular flexibility index (Phi) is 9.03. The molecular formula is C22H19IN2O7. The third-order valence-electron chi connectivity index (χ3n) is 3.93. The van der Waals surface area contributed by atoms with Gasteiger partial charge in [-0.05, 0) is 71.5 Å². The van der Waals surface area contributed by atoms with Gasteiger partial charge in [-0.3, -0.25) is 4.79 Å². The number of amides is 1. The molecule has 2 rings (SSSR count). The van der Waals surface area contributed by atoms with Gasteiger partial charge in [0, 0.05) is 5.69 Å². The van der Waals surface area contributed by atoms with Gasteiger partial charge in [0.25, 0.3) is 5.91 Å². The summed E-state index contributed by atoms with van der Waals surface area (Å²) in [6, 6.07) is 10.7. The van der Waals surface area contributed by atoms with E-state index in [1.54, 1.807) is 19.1 Å². The predicted molar refractivity (Wildman–Crippen MR) is 123 cm³/mol. The van der Waals surface area contributed by atoms with E-state index in [0.717, 1.165) is 0 Å². The number of carboxylic acids is 1. The van der Waals surface area contributed by atoms with Crippen LogP contribution in [0.3, 0.4) is 0 Å². The number of ether oxygens (including phenoxy) is 3. The standard InChI is InChI=1S/C22H19IN2O7/c1-3-31-19(26)12-32-20-17(23)8-13(9-18(20)30-2)7-15(11-24)21(27)25-16-6-4-5-14(10-16)22(28)29/h4-10H,3,12H2,1-2H3,(H,25,27)(H,28,29)/b15-7-. The molecule has 32 heavy (non-hydrogen) atoms. The van der Waals surface area contributed by atoms with Crippen LogP contribution in [0.2, 0.25) is 0 Å². The molecule has 0 heterocycles. The number of esters is 1. The van der Waals surface area contributed by atoms with Crippen LogP contribution in [0, 0.1) is 14.9 Å². The summed E-state index contributed by atoms with van der Waals surface area (Å²) in [6.45, 7) is 1.63. The van der Waals surface area contributed by atoms with Crippen LogP contribution in [0.4, 0.5) is 5.69 Å². The molecule has 2 aromatic rings. The lowest BCUT2D eigenvalue weighted by molar-refractivity contribution is -0.145. The Morgan fingerprint density at radius 3 is 2.62 bits per heavy atom. The number of anilines is 1. The van der Waals surface area contributed by atoms with Crippen molar-refractivity contribution in [3.8, 4) is 17.6 Å². The van der Waals surface area contributed by atoms with Crippen molar-refractivity contribution in [3.63, 3.8) is 0 Å². The molecule has 0 fully saturated rings. The summed E-state index contributed by atoms with van der Waals surface area (Å²) in [4.78, 5) is 35.1. The van der Waals surface area contributed by atoms with E-state index < -0.39 is 17.8 Å². The van der Waals surface area contributed by atoms with Crippen molar-refractivity contribution in [1.82, 2.24) is 0 Å². The number of carbonyl (C=O) groups excluding carboxylic acids is 2. The van der Waals surface area contributed by atoms with Crippen LogP contribution in [0.15, 0.2) is 42.0 Å². The summed E-state index contributed by atoms with van der Waals surface area (Å²) in [7, 11) is 1.42. The van der Waals surface area contributed by atoms with Crippen LogP contribution < -0.4 is 14.8 Å². The highest BCUT2D eigenvalue weighted by Gasteiger charge is 2.16. The van der Waals surface area contributed by atoms with Gasteiger partial charge >= 0.3 is 11.9 Å². The van der Waals surface area contributed by atoms with E-state index >= 15 is 0 Å². The minimum absolute atomic E-state index is 0.00276. The fourth-order valence-corrected chi connectivity index (χ4v) is 3.32. The molecule has 0 atom stereocenters. The lowest BCUT2D eigenvalue weighted by atomic mass is 10.1. The van der Waals surface area contributed by atoms with Gasteiger partial charge in [-0.1, -0.05) is 6.07 Å². The van der Waals surface area contributed by atoms with Crippen molar-refractivity contribution in [3.05, 3.63) is 56.7 Å². The molecular weight excluding hydrogens is 531 g/mol. The topological polar surface area (TPSA) is 135 Å². The summed E-state index contributed by atoms with van der Waals surface area (Å²) in [5, 5.41) is 21.0. The van der Waals surface area contributed by atoms with Crippen LogP contribution >= 0.6 is 22.6 Å². The number of aromatic carboxylic acids is 1. The Labute approximate surface area is 197 Å². The largest absolute Gasteiger partial charge is 0.493 e. The SMILES string of the molecule is CCOC(=O)COc1c(I)cc(/C=C(/C#N)C(=O)Nc2cccc(C(=O)O)c2)cc1OC. The molecule has 0 aliphatic rings. The van der Waals surface area contributed by atoms with E-state index in [4.69, 9.17) is 19.3 Å². The zero-order valence-electron chi connectivity index (χ0n) is 17.2. The first-order valence-electron chi connectivity index (χ1n) is 9.21. The number of hydrogen-bond donors (Lipinski definition) is 2. The number of carboxylic acid groups (broad SMARTS) is 1. The van der Waals surface area contributed by atoms with Crippen molar-refractivity contribution in [2.24, 2.45) is 0 Å². The number of nitriles is 1. The van der Waals surface area contributed by atoms with Gasteiger partial charge < -0.3 is 24.6 Å². The Hall–Kier alpha value is -3.59. The lowest BCUT2D eigenvalue weighted by Crippen LogP contribution is -2.15. The van der Waals surface area contributed by atoms with Gasteiger partial charge in [0.2, 0.25) is 0 Å². The Morgan fingerprint density at radius 1 is 1.25 bits per heavy atom. The Balaban J connectivity index is 2.26. The number of hydrogen-bond acceptors (Lipinski definition) is 7. The first-order chi connectivity index (χ1) is 15.3. The molecule has 2 N–H and O–H groups in total. The second-order valence-electron chi connectivity index (χ2n) is 6.14. The average Bonchev–Trinajstić information content (AvgIpc) is 2.76. The van der Waals surface area contributed by atoms with Gasteiger partial charge in [0.15, 0.2) is 18.1 Å². The highest BCUT2D eigenvalue weighted by Crippen LogP contribution is 2.34. The van der Waals surface area contributed by atoms with Gasteiger partial charge in [0.05, 0.1) is 22.9 Å². The van der Waals surface area contributed by atoms with Crippen molar-refractivity contribution in [2.45, 2.75) is 6.92 Å². The molecule has 1 amide bonds. The van der Waals surface area contributed by atoms with Crippen LogP contribution in [-0.4, -0.2) is 43.3 Å². The van der Waals surface area contributed by atoms with Crippen LogP contribution in [0.25, 0.3) is 6.08 Å². The Morgan fingerprint density at radius 2 is 2.00 bits per heavy atom. The molecule has 0 unspecified atom stereocenters. The maximum absolute atomic E-state index is 12.5. The second-order valence-corrected chi connectivity index (χ2v) is 7.30. The molecule has 166 valence electrons. The zero-order chi connectivity index (χ0) is 23.7. The molecule has 0 spiro atoms. The third kappa shape index (κ3) is 6.71. The van der Waals surface area contributed by atoms with E-state index in [0.29, 0.717) is 20.6 Å². The van der Waals surface area contributed by atoms with Crippen LogP contribution in [0.1, 0.15) is 22.8 Å². The van der Waals surface area contributed by atoms with Gasteiger partial charge in [-0.25, -0.2) is 9.59 Å². The number of nitrogens with one attached hydrogen (secondary N) is 1. The molecule has 9 nitrogen and oxygen atoms in total. The molecule has 0 aromatic heterocycles. The van der Waals surface area contributed by atoms with Crippen LogP contribution in [-0.2, 0) is 14.3 Å². The van der Waals surface area contributed by atoms with E-state index in [-0.39, 0.29) is 30.0 Å². The number of benzene rings is 2. The first-order valence-corrected chi connectivity index (χ1v) is 10.3. The van der Waals surface area contributed by atoms with E-state index in [1.807, 2.05) is 28.7 Å². The molecule has 0 saturated heterocycles. The third-order valence-corrected chi connectivity index (χ3v) is 4.74. The minimum Gasteiger partial charge on any atom is -0.493 e. The second kappa shape index (κ2) is 11.7. The molecule has 0 aliphatic carbocycles. The molecule has 0 aliphatic heterocycles. The quantitative estimate of drug-likeness (QED) is 0.210. The van der Waals surface area contributed by atoms with Crippen molar-refractivity contribution in [2.75, 3.05) is 25.6 Å². The van der Waals surface area contributed by atoms with Gasteiger partial charge in [0.1, 0.15) is 11.6 Å². The monoisotopic (exact) mass is 550 g/mol. The molecule has 2 aromatic carbocycles. The van der Waals surface area contributed by atoms with E-state index in [9.17, 15) is 19.6 Å². The van der Waals surface area contributed by atoms with Crippen molar-refractivity contribution in [1.29, 1.82) is 5.26 Å². The predicted octanol–water partition coefficient (Wildman–Crippen LogP) is 3.49. The number of rotatable bonds is 9. The number of carbonyl (C=O) groups is 3. The lowest BCUT2D eigenvalue weighted by Gasteiger charge is -2.13. The van der Waals surface area contributed by atoms with Crippen LogP contribution in [0.5, 0.6) is 11.5 Å². The smallest absolute Gasteiger partial charge is 0.344 e. The maximum Gasteiger partial charge on any atom is 0.344 e. The fourth-order valence-electron chi connectivity index (χ4n) is 2.54. The number of halogens is 1. The fraction of sp³-hybridized carbons (Fsp3) is 0.182. The summed E-state index contributed by atoms with van der Waals surface area (Å²) in [5.74, 6) is -1.73. The first kappa shape index (κ1) is 24.7. The number of methoxy groups -OCH3 is 1. The average molecular weight is 550 g/mol. The summed E-state index contributed by atoms with van der Waals surface area (Å²) >= 11 is 1.98. The molecule has 10 heteroatoms. The zero-order valence-corrected chi connectivity index (χ0v) is 19.3.